The summed E-state index contributed by atoms with van der Waals surface area (Å²) < 4.78 is 7.31. The summed E-state index contributed by atoms with van der Waals surface area (Å²) in [6.45, 7) is 3.77. The lowest BCUT2D eigenvalue weighted by molar-refractivity contribution is 0.122. The molecule has 0 amide bonds. The predicted octanol–water partition coefficient (Wildman–Crippen LogP) is 0.958. The van der Waals surface area contributed by atoms with Gasteiger partial charge in [0.2, 0.25) is 0 Å². The first kappa shape index (κ1) is 13.4. The van der Waals surface area contributed by atoms with E-state index < -0.39 is 0 Å². The lowest BCUT2D eigenvalue weighted by atomic mass is 10.4. The van der Waals surface area contributed by atoms with Crippen LogP contribution in [-0.2, 0) is 11.3 Å². The van der Waals surface area contributed by atoms with Crippen LogP contribution in [0.3, 0.4) is 0 Å². The molecule has 0 aromatic carbocycles. The Morgan fingerprint density at radius 3 is 2.88 bits per heavy atom. The summed E-state index contributed by atoms with van der Waals surface area (Å²) in [6.07, 6.45) is 3.67. The maximum Gasteiger partial charge on any atom is 0.328 e. The van der Waals surface area contributed by atoms with Crippen LogP contribution in [0.2, 0.25) is 0 Å². The minimum absolute atomic E-state index is 0.339. The molecular formula is C10H15IN2O3. The van der Waals surface area contributed by atoms with Gasteiger partial charge in [-0.2, -0.15) is 0 Å². The number of nitrogens with one attached hydrogen (secondary N) is 1. The molecule has 1 N–H and O–H groups in total. The fourth-order valence-corrected chi connectivity index (χ4v) is 1.63. The van der Waals surface area contributed by atoms with Crippen molar-refractivity contribution in [2.24, 2.45) is 0 Å². The molecule has 6 heteroatoms. The average Bonchev–Trinajstić information content (AvgIpc) is 2.25. The first-order chi connectivity index (χ1) is 7.65. The van der Waals surface area contributed by atoms with Crippen LogP contribution in [-0.4, -0.2) is 22.8 Å². The highest BCUT2D eigenvalue weighted by Gasteiger charge is 2.01. The van der Waals surface area contributed by atoms with E-state index >= 15 is 0 Å². The molecule has 0 radical (unpaired) electrons. The normalized spacial score (nSPS) is 10.6. The van der Waals surface area contributed by atoms with Crippen molar-refractivity contribution >= 4 is 22.6 Å². The van der Waals surface area contributed by atoms with Gasteiger partial charge in [0.05, 0.1) is 16.7 Å². The number of ether oxygens (including phenoxy) is 1. The van der Waals surface area contributed by atoms with Gasteiger partial charge in [-0.15, -0.1) is 0 Å². The highest BCUT2D eigenvalue weighted by atomic mass is 127. The molecule has 0 unspecified atom stereocenters. The van der Waals surface area contributed by atoms with E-state index in [-0.39, 0.29) is 11.2 Å². The number of H-pyrrole nitrogens is 1. The highest BCUT2D eigenvalue weighted by molar-refractivity contribution is 14.1. The zero-order chi connectivity index (χ0) is 12.0. The molecule has 0 aliphatic rings. The molecule has 0 aliphatic carbocycles. The van der Waals surface area contributed by atoms with Gasteiger partial charge >= 0.3 is 5.69 Å². The van der Waals surface area contributed by atoms with Crippen molar-refractivity contribution in [2.75, 3.05) is 13.2 Å². The van der Waals surface area contributed by atoms with Gasteiger partial charge in [0.1, 0.15) is 0 Å². The molecule has 0 saturated heterocycles. The number of rotatable bonds is 6. The van der Waals surface area contributed by atoms with Crippen molar-refractivity contribution in [1.82, 2.24) is 9.55 Å². The van der Waals surface area contributed by atoms with E-state index in [2.05, 4.69) is 11.9 Å². The summed E-state index contributed by atoms with van der Waals surface area (Å²) in [5.41, 5.74) is -0.724. The third kappa shape index (κ3) is 4.09. The molecule has 0 bridgehead atoms. The molecule has 0 spiro atoms. The van der Waals surface area contributed by atoms with Gasteiger partial charge in [0, 0.05) is 12.8 Å². The van der Waals surface area contributed by atoms with Crippen molar-refractivity contribution < 1.29 is 4.74 Å². The maximum atomic E-state index is 11.4. The Morgan fingerprint density at radius 2 is 2.19 bits per heavy atom. The van der Waals surface area contributed by atoms with Crippen LogP contribution in [0, 0.1) is 3.57 Å². The Hall–Kier alpha value is -0.630. The Kier molecular flexibility index (Phi) is 5.75. The fourth-order valence-electron chi connectivity index (χ4n) is 1.16. The van der Waals surface area contributed by atoms with Crippen molar-refractivity contribution in [3.05, 3.63) is 30.6 Å². The smallest absolute Gasteiger partial charge is 0.328 e. The number of halogens is 1. The molecule has 0 saturated carbocycles. The Balaban J connectivity index is 2.51. The van der Waals surface area contributed by atoms with Gasteiger partial charge in [0.25, 0.3) is 5.56 Å². The highest BCUT2D eigenvalue weighted by Crippen LogP contribution is 1.93. The first-order valence-electron chi connectivity index (χ1n) is 5.22. The minimum atomic E-state index is -0.385. The summed E-state index contributed by atoms with van der Waals surface area (Å²) in [6, 6.07) is 0. The summed E-state index contributed by atoms with van der Waals surface area (Å²) in [7, 11) is 0. The maximum absolute atomic E-state index is 11.4. The molecular weight excluding hydrogens is 323 g/mol. The van der Waals surface area contributed by atoms with E-state index in [4.69, 9.17) is 4.74 Å². The van der Waals surface area contributed by atoms with Crippen LogP contribution in [0.5, 0.6) is 0 Å². The van der Waals surface area contributed by atoms with Crippen molar-refractivity contribution in [1.29, 1.82) is 0 Å². The van der Waals surface area contributed by atoms with Crippen molar-refractivity contribution in [3.63, 3.8) is 0 Å². The lowest BCUT2D eigenvalue weighted by Gasteiger charge is -2.06. The van der Waals surface area contributed by atoms with Crippen LogP contribution in [0.25, 0.3) is 0 Å². The molecule has 0 atom stereocenters. The first-order valence-corrected chi connectivity index (χ1v) is 6.30. The van der Waals surface area contributed by atoms with Crippen LogP contribution in [0.1, 0.15) is 19.8 Å². The van der Waals surface area contributed by atoms with Gasteiger partial charge < -0.3 is 4.74 Å². The van der Waals surface area contributed by atoms with Crippen molar-refractivity contribution in [2.45, 2.75) is 26.3 Å². The van der Waals surface area contributed by atoms with Gasteiger partial charge in [-0.05, 0) is 29.0 Å². The van der Waals surface area contributed by atoms with E-state index in [1.807, 2.05) is 22.6 Å². The van der Waals surface area contributed by atoms with Crippen LogP contribution in [0.4, 0.5) is 0 Å². The van der Waals surface area contributed by atoms with E-state index in [0.717, 1.165) is 12.8 Å². The van der Waals surface area contributed by atoms with E-state index in [0.29, 0.717) is 23.3 Å². The molecule has 0 fully saturated rings. The summed E-state index contributed by atoms with van der Waals surface area (Å²) in [5.74, 6) is 0. The zero-order valence-corrected chi connectivity index (χ0v) is 11.3. The van der Waals surface area contributed by atoms with Crippen LogP contribution in [0.15, 0.2) is 15.8 Å². The number of aromatic amines is 1. The van der Waals surface area contributed by atoms with E-state index in [1.54, 1.807) is 6.20 Å². The average molecular weight is 338 g/mol. The monoisotopic (exact) mass is 338 g/mol. The molecule has 1 aromatic rings. The molecule has 1 rings (SSSR count). The quantitative estimate of drug-likeness (QED) is 0.621. The molecule has 90 valence electrons. The summed E-state index contributed by atoms with van der Waals surface area (Å²) in [4.78, 5) is 24.7. The standard InChI is InChI=1S/C10H15IN2O3/c1-2-3-5-16-6-4-13-7-8(11)9(14)12-10(13)15/h7H,2-6H2,1H3,(H,12,14,15). The van der Waals surface area contributed by atoms with Gasteiger partial charge in [-0.25, -0.2) is 4.79 Å². The third-order valence-electron chi connectivity index (χ3n) is 2.09. The largest absolute Gasteiger partial charge is 0.380 e. The zero-order valence-electron chi connectivity index (χ0n) is 9.16. The van der Waals surface area contributed by atoms with Gasteiger partial charge in [0.15, 0.2) is 0 Å². The Bertz CT molecular complexity index is 438. The SMILES string of the molecule is CCCCOCCn1cc(I)c(=O)[nH]c1=O. The topological polar surface area (TPSA) is 64.1 Å². The minimum Gasteiger partial charge on any atom is -0.380 e. The number of aromatic nitrogens is 2. The number of nitrogens with zero attached hydrogens (tertiary/aromatic N) is 1. The fraction of sp³-hybridized carbons (Fsp3) is 0.600. The second-order valence-corrected chi connectivity index (χ2v) is 4.56. The number of hydrogen-bond donors (Lipinski definition) is 1. The number of hydrogen-bond acceptors (Lipinski definition) is 3. The van der Waals surface area contributed by atoms with Crippen LogP contribution >= 0.6 is 22.6 Å². The lowest BCUT2D eigenvalue weighted by Crippen LogP contribution is -2.32. The molecule has 1 heterocycles. The second-order valence-electron chi connectivity index (χ2n) is 3.40. The van der Waals surface area contributed by atoms with E-state index in [9.17, 15) is 9.59 Å². The molecule has 16 heavy (non-hydrogen) atoms. The second kappa shape index (κ2) is 6.85. The molecule has 0 aliphatic heterocycles. The Morgan fingerprint density at radius 1 is 1.44 bits per heavy atom. The Labute approximate surface area is 107 Å². The van der Waals surface area contributed by atoms with Gasteiger partial charge in [-0.1, -0.05) is 13.3 Å². The summed E-state index contributed by atoms with van der Waals surface area (Å²) >= 11 is 1.90. The molecule has 1 aromatic heterocycles. The third-order valence-corrected chi connectivity index (χ3v) is 2.85. The predicted molar refractivity (Wildman–Crippen MR) is 69.8 cm³/mol. The van der Waals surface area contributed by atoms with Crippen LogP contribution < -0.4 is 11.2 Å². The number of unbranched alkanes of at least 4 members (excludes halogenated alkanes) is 1. The van der Waals surface area contributed by atoms with Gasteiger partial charge in [-0.3, -0.25) is 14.3 Å². The molecule has 5 nitrogen and oxygen atoms in total. The van der Waals surface area contributed by atoms with E-state index in [1.165, 1.54) is 4.57 Å². The van der Waals surface area contributed by atoms with Crippen molar-refractivity contribution in [3.8, 4) is 0 Å². The summed E-state index contributed by atoms with van der Waals surface area (Å²) in [5, 5.41) is 0.